The number of aromatic nitrogens is 2. The standard InChI is InChI=1S/C26H32N4O2S/c1-6-13-33-25-28-23-22(24(32)29-25)20(16-9-11-17(12-10-16)30(7-2)8-3)21-18(27-23)14-26(4,5)15-19(21)31/h6,9-12,20H,1,7-8,13-15H2,2-5H3,(H2,27,28,29,32). The monoisotopic (exact) mass is 464 g/mol. The highest BCUT2D eigenvalue weighted by molar-refractivity contribution is 7.99. The Kier molecular flexibility index (Phi) is 6.52. The number of benzene rings is 1. The number of Topliss-reactive ketones (excluding diaryl/α,β-unsaturated/α-hetero) is 1. The summed E-state index contributed by atoms with van der Waals surface area (Å²) in [5.74, 6) is 0.867. The van der Waals surface area contributed by atoms with Gasteiger partial charge in [-0.2, -0.15) is 0 Å². The number of carbonyl (C=O) groups is 1. The molecule has 1 unspecified atom stereocenters. The van der Waals surface area contributed by atoms with Crippen LogP contribution >= 0.6 is 11.8 Å². The first-order valence-electron chi connectivity index (χ1n) is 11.5. The van der Waals surface area contributed by atoms with E-state index in [0.717, 1.165) is 36.5 Å². The van der Waals surface area contributed by atoms with Crippen molar-refractivity contribution < 1.29 is 4.79 Å². The van der Waals surface area contributed by atoms with Crippen LogP contribution in [-0.4, -0.2) is 34.6 Å². The molecule has 2 N–H and O–H groups in total. The smallest absolute Gasteiger partial charge is 0.257 e. The number of thioether (sulfide) groups is 1. The minimum Gasteiger partial charge on any atom is -0.372 e. The molecule has 4 rings (SSSR count). The Bertz CT molecular complexity index is 1160. The van der Waals surface area contributed by atoms with E-state index in [-0.39, 0.29) is 16.8 Å². The number of fused-ring (bicyclic) bond motifs is 1. The fourth-order valence-electron chi connectivity index (χ4n) is 4.90. The van der Waals surface area contributed by atoms with Crippen molar-refractivity contribution in [3.63, 3.8) is 0 Å². The zero-order valence-electron chi connectivity index (χ0n) is 19.8. The summed E-state index contributed by atoms with van der Waals surface area (Å²) in [7, 11) is 0. The molecule has 0 spiro atoms. The first kappa shape index (κ1) is 23.4. The number of carbonyl (C=O) groups excluding carboxylic acids is 1. The Morgan fingerprint density at radius 1 is 1.18 bits per heavy atom. The molecule has 0 bridgehead atoms. The van der Waals surface area contributed by atoms with Crippen molar-refractivity contribution in [2.24, 2.45) is 5.41 Å². The van der Waals surface area contributed by atoms with E-state index >= 15 is 0 Å². The molecule has 33 heavy (non-hydrogen) atoms. The highest BCUT2D eigenvalue weighted by atomic mass is 32.2. The van der Waals surface area contributed by atoms with Crippen LogP contribution in [0.2, 0.25) is 0 Å². The maximum atomic E-state index is 13.4. The Morgan fingerprint density at radius 2 is 1.88 bits per heavy atom. The molecule has 1 aromatic carbocycles. The van der Waals surface area contributed by atoms with Crippen LogP contribution in [0.4, 0.5) is 11.5 Å². The van der Waals surface area contributed by atoms with E-state index in [1.54, 1.807) is 6.08 Å². The number of nitrogens with zero attached hydrogens (tertiary/aromatic N) is 2. The van der Waals surface area contributed by atoms with Gasteiger partial charge in [-0.1, -0.05) is 43.8 Å². The van der Waals surface area contributed by atoms with Crippen LogP contribution in [0.25, 0.3) is 0 Å². The van der Waals surface area contributed by atoms with Gasteiger partial charge in [-0.25, -0.2) is 4.98 Å². The lowest BCUT2D eigenvalue weighted by Gasteiger charge is -2.38. The van der Waals surface area contributed by atoms with Crippen LogP contribution < -0.4 is 15.8 Å². The second-order valence-corrected chi connectivity index (χ2v) is 10.4. The van der Waals surface area contributed by atoms with Gasteiger partial charge in [0.2, 0.25) is 0 Å². The van der Waals surface area contributed by atoms with E-state index in [1.807, 2.05) is 12.1 Å². The van der Waals surface area contributed by atoms with E-state index in [0.29, 0.717) is 34.3 Å². The number of H-pyrrole nitrogens is 1. The van der Waals surface area contributed by atoms with Crippen molar-refractivity contribution >= 4 is 29.1 Å². The molecule has 7 heteroatoms. The van der Waals surface area contributed by atoms with Crippen molar-refractivity contribution in [3.8, 4) is 0 Å². The van der Waals surface area contributed by atoms with Gasteiger partial charge in [-0.3, -0.25) is 9.59 Å². The van der Waals surface area contributed by atoms with Gasteiger partial charge in [-0.15, -0.1) is 6.58 Å². The van der Waals surface area contributed by atoms with Gasteiger partial charge >= 0.3 is 0 Å². The summed E-state index contributed by atoms with van der Waals surface area (Å²) in [5, 5.41) is 3.92. The van der Waals surface area contributed by atoms with E-state index in [2.05, 4.69) is 61.6 Å². The van der Waals surface area contributed by atoms with Gasteiger partial charge in [0, 0.05) is 48.1 Å². The number of anilines is 2. The molecule has 174 valence electrons. The molecule has 2 aromatic rings. The average molecular weight is 465 g/mol. The third kappa shape index (κ3) is 4.51. The second-order valence-electron chi connectivity index (χ2n) is 9.39. The lowest BCUT2D eigenvalue weighted by atomic mass is 9.69. The predicted molar refractivity (Wildman–Crippen MR) is 136 cm³/mol. The highest BCUT2D eigenvalue weighted by Crippen LogP contribution is 2.47. The van der Waals surface area contributed by atoms with Crippen LogP contribution in [0.3, 0.4) is 0 Å². The third-order valence-electron chi connectivity index (χ3n) is 6.39. The molecule has 6 nitrogen and oxygen atoms in total. The highest BCUT2D eigenvalue weighted by Gasteiger charge is 2.42. The van der Waals surface area contributed by atoms with Crippen molar-refractivity contribution in [2.75, 3.05) is 29.1 Å². The van der Waals surface area contributed by atoms with E-state index in [9.17, 15) is 9.59 Å². The molecule has 1 atom stereocenters. The van der Waals surface area contributed by atoms with Gasteiger partial charge in [-0.05, 0) is 43.4 Å². The number of ketones is 1. The van der Waals surface area contributed by atoms with Crippen molar-refractivity contribution in [1.82, 2.24) is 9.97 Å². The Morgan fingerprint density at radius 3 is 2.52 bits per heavy atom. The first-order chi connectivity index (χ1) is 15.8. The summed E-state index contributed by atoms with van der Waals surface area (Å²) < 4.78 is 0. The molecule has 0 amide bonds. The summed E-state index contributed by atoms with van der Waals surface area (Å²) in [6.45, 7) is 14.1. The van der Waals surface area contributed by atoms with Gasteiger partial charge in [0.25, 0.3) is 5.56 Å². The van der Waals surface area contributed by atoms with Crippen LogP contribution in [0.5, 0.6) is 0 Å². The number of hydrogen-bond acceptors (Lipinski definition) is 6. The van der Waals surface area contributed by atoms with Crippen molar-refractivity contribution in [2.45, 2.75) is 51.6 Å². The number of hydrogen-bond donors (Lipinski definition) is 2. The van der Waals surface area contributed by atoms with Crippen LogP contribution in [0.15, 0.2) is 58.1 Å². The number of allylic oxidation sites excluding steroid dienone is 2. The van der Waals surface area contributed by atoms with Crippen LogP contribution in [-0.2, 0) is 4.79 Å². The van der Waals surface area contributed by atoms with Crippen molar-refractivity contribution in [3.05, 3.63) is 69.7 Å². The van der Waals surface area contributed by atoms with Gasteiger partial charge < -0.3 is 15.2 Å². The quantitative estimate of drug-likeness (QED) is 0.337. The Hall–Kier alpha value is -2.80. The van der Waals surface area contributed by atoms with Crippen LogP contribution in [0.1, 0.15) is 57.6 Å². The minimum atomic E-state index is -0.430. The molecule has 0 saturated heterocycles. The maximum absolute atomic E-state index is 13.4. The molecule has 0 saturated carbocycles. The molecule has 1 aliphatic heterocycles. The first-order valence-corrected chi connectivity index (χ1v) is 12.5. The minimum absolute atomic E-state index is 0.0988. The average Bonchev–Trinajstić information content (AvgIpc) is 2.76. The molecular formula is C26H32N4O2S. The summed E-state index contributed by atoms with van der Waals surface area (Å²) in [4.78, 5) is 36.6. The van der Waals surface area contributed by atoms with Gasteiger partial charge in [0.05, 0.1) is 5.56 Å². The largest absolute Gasteiger partial charge is 0.372 e. The fourth-order valence-corrected chi connectivity index (χ4v) is 5.50. The Labute approximate surface area is 199 Å². The molecule has 1 aliphatic carbocycles. The van der Waals surface area contributed by atoms with Gasteiger partial charge in [0.15, 0.2) is 10.9 Å². The third-order valence-corrected chi connectivity index (χ3v) is 7.26. The molecule has 1 aromatic heterocycles. The van der Waals surface area contributed by atoms with Gasteiger partial charge in [0.1, 0.15) is 5.82 Å². The molecule has 0 radical (unpaired) electrons. The lowest BCUT2D eigenvalue weighted by molar-refractivity contribution is -0.118. The topological polar surface area (TPSA) is 78.1 Å². The summed E-state index contributed by atoms with van der Waals surface area (Å²) in [6, 6.07) is 8.25. The zero-order chi connectivity index (χ0) is 23.8. The molecule has 2 heterocycles. The number of aromatic amines is 1. The van der Waals surface area contributed by atoms with E-state index in [4.69, 9.17) is 4.98 Å². The Balaban J connectivity index is 1.86. The van der Waals surface area contributed by atoms with Crippen molar-refractivity contribution in [1.29, 1.82) is 0 Å². The summed E-state index contributed by atoms with van der Waals surface area (Å²) >= 11 is 1.43. The zero-order valence-corrected chi connectivity index (χ0v) is 20.6. The fraction of sp³-hybridized carbons (Fsp3) is 0.423. The summed E-state index contributed by atoms with van der Waals surface area (Å²) in [5.41, 5.74) is 3.83. The normalized spacial score (nSPS) is 18.9. The maximum Gasteiger partial charge on any atom is 0.257 e. The SMILES string of the molecule is C=CCSc1nc2c(c(=O)[nH]1)C(c1ccc(N(CC)CC)cc1)C1=C(CC(C)(C)CC1=O)N2. The molecular weight excluding hydrogens is 432 g/mol. The molecule has 0 fully saturated rings. The van der Waals surface area contributed by atoms with E-state index < -0.39 is 5.92 Å². The molecule has 2 aliphatic rings. The summed E-state index contributed by atoms with van der Waals surface area (Å²) in [6.07, 6.45) is 2.99. The number of nitrogens with one attached hydrogen (secondary N) is 2. The predicted octanol–water partition coefficient (Wildman–Crippen LogP) is 5.09. The van der Waals surface area contributed by atoms with Crippen LogP contribution in [0, 0.1) is 5.41 Å². The second kappa shape index (κ2) is 9.21. The number of rotatable bonds is 7. The van der Waals surface area contributed by atoms with E-state index in [1.165, 1.54) is 11.8 Å². The lowest BCUT2D eigenvalue weighted by Crippen LogP contribution is -2.37.